The number of rotatable bonds is 10. The van der Waals surface area contributed by atoms with Crippen LogP contribution in [0.1, 0.15) is 52.4 Å². The molecule has 0 aliphatic carbocycles. The van der Waals surface area contributed by atoms with E-state index in [2.05, 4.69) is 13.8 Å². The van der Waals surface area contributed by atoms with Crippen LogP contribution in [0.2, 0.25) is 5.02 Å². The molecule has 0 radical (unpaired) electrons. The Morgan fingerprint density at radius 2 is 1.53 bits per heavy atom. The first-order valence-electron chi connectivity index (χ1n) is 7.33. The van der Waals surface area contributed by atoms with E-state index in [1.807, 2.05) is 18.2 Å². The normalized spacial score (nSPS) is 10.5. The Hall–Kier alpha value is -0.890. The number of hydrogen-bond donors (Lipinski definition) is 0. The Labute approximate surface area is 122 Å². The molecule has 3 heteroatoms. The van der Waals surface area contributed by atoms with Crippen molar-refractivity contribution >= 4 is 11.6 Å². The lowest BCUT2D eigenvalue weighted by Gasteiger charge is -2.14. The molecule has 0 N–H and O–H groups in total. The van der Waals surface area contributed by atoms with Crippen LogP contribution in [0.4, 0.5) is 0 Å². The lowest BCUT2D eigenvalue weighted by atomic mass is 10.2. The van der Waals surface area contributed by atoms with Gasteiger partial charge < -0.3 is 9.47 Å². The summed E-state index contributed by atoms with van der Waals surface area (Å²) in [5.41, 5.74) is 0. The quantitative estimate of drug-likeness (QED) is 0.530. The summed E-state index contributed by atoms with van der Waals surface area (Å²) in [4.78, 5) is 0. The molecule has 0 saturated heterocycles. The number of hydrogen-bond acceptors (Lipinski definition) is 2. The molecule has 0 saturated carbocycles. The van der Waals surface area contributed by atoms with Crippen molar-refractivity contribution in [2.45, 2.75) is 52.4 Å². The molecule has 1 aromatic carbocycles. The highest BCUT2D eigenvalue weighted by molar-refractivity contribution is 6.32. The number of benzene rings is 1. The minimum Gasteiger partial charge on any atom is -0.490 e. The highest BCUT2D eigenvalue weighted by Gasteiger charge is 2.09. The molecular formula is C16H25ClO2. The molecule has 2 nitrogen and oxygen atoms in total. The molecule has 0 aliphatic heterocycles. The summed E-state index contributed by atoms with van der Waals surface area (Å²) in [7, 11) is 0. The molecule has 0 heterocycles. The van der Waals surface area contributed by atoms with E-state index in [1.54, 1.807) is 0 Å². The van der Waals surface area contributed by atoms with Gasteiger partial charge in [0.2, 0.25) is 0 Å². The fraction of sp³-hybridized carbons (Fsp3) is 0.625. The zero-order chi connectivity index (χ0) is 13.9. The zero-order valence-electron chi connectivity index (χ0n) is 12.1. The smallest absolute Gasteiger partial charge is 0.179 e. The van der Waals surface area contributed by atoms with Crippen molar-refractivity contribution in [1.82, 2.24) is 0 Å². The highest BCUT2D eigenvalue weighted by atomic mass is 35.5. The predicted molar refractivity (Wildman–Crippen MR) is 81.5 cm³/mol. The molecule has 0 fully saturated rings. The van der Waals surface area contributed by atoms with Gasteiger partial charge in [-0.2, -0.15) is 0 Å². The summed E-state index contributed by atoms with van der Waals surface area (Å²) in [5.74, 6) is 1.46. The first-order chi connectivity index (χ1) is 9.29. The molecule has 19 heavy (non-hydrogen) atoms. The van der Waals surface area contributed by atoms with Gasteiger partial charge in [-0.3, -0.25) is 0 Å². The van der Waals surface area contributed by atoms with E-state index in [0.717, 1.165) is 25.2 Å². The van der Waals surface area contributed by atoms with E-state index in [0.29, 0.717) is 17.4 Å². The van der Waals surface area contributed by atoms with E-state index in [9.17, 15) is 0 Å². The molecule has 0 aromatic heterocycles. The first-order valence-corrected chi connectivity index (χ1v) is 7.71. The van der Waals surface area contributed by atoms with Crippen molar-refractivity contribution in [3.05, 3.63) is 23.2 Å². The lowest BCUT2D eigenvalue weighted by Crippen LogP contribution is -2.03. The third kappa shape index (κ3) is 6.20. The van der Waals surface area contributed by atoms with Crippen LogP contribution in [0.3, 0.4) is 0 Å². The lowest BCUT2D eigenvalue weighted by molar-refractivity contribution is 0.260. The number of ether oxygens (including phenoxy) is 2. The number of halogens is 1. The van der Waals surface area contributed by atoms with Crippen molar-refractivity contribution in [2.75, 3.05) is 13.2 Å². The van der Waals surface area contributed by atoms with Crippen LogP contribution < -0.4 is 9.47 Å². The molecule has 1 rings (SSSR count). The van der Waals surface area contributed by atoms with Gasteiger partial charge in [-0.1, -0.05) is 57.2 Å². The third-order valence-electron chi connectivity index (χ3n) is 2.93. The molecule has 0 unspecified atom stereocenters. The van der Waals surface area contributed by atoms with Gasteiger partial charge in [0.05, 0.1) is 18.2 Å². The average molecular weight is 285 g/mol. The summed E-state index contributed by atoms with van der Waals surface area (Å²) in [6.07, 6.45) is 6.87. The van der Waals surface area contributed by atoms with Gasteiger partial charge in [-0.05, 0) is 25.0 Å². The van der Waals surface area contributed by atoms with Gasteiger partial charge in [0.1, 0.15) is 0 Å². The fourth-order valence-electron chi connectivity index (χ4n) is 1.80. The van der Waals surface area contributed by atoms with E-state index in [-0.39, 0.29) is 0 Å². The Balaban J connectivity index is 2.51. The van der Waals surface area contributed by atoms with E-state index < -0.39 is 0 Å². The molecule has 1 aromatic rings. The Morgan fingerprint density at radius 1 is 0.895 bits per heavy atom. The van der Waals surface area contributed by atoms with Crippen LogP contribution in [0.25, 0.3) is 0 Å². The van der Waals surface area contributed by atoms with Crippen LogP contribution in [0.15, 0.2) is 18.2 Å². The highest BCUT2D eigenvalue weighted by Crippen LogP contribution is 2.35. The second kappa shape index (κ2) is 9.96. The molecule has 0 amide bonds. The Bertz CT molecular complexity index is 353. The number of para-hydroxylation sites is 1. The largest absolute Gasteiger partial charge is 0.490 e. The van der Waals surface area contributed by atoms with Crippen molar-refractivity contribution in [1.29, 1.82) is 0 Å². The number of unbranched alkanes of at least 4 members (excludes halogenated alkanes) is 4. The summed E-state index contributed by atoms with van der Waals surface area (Å²) >= 11 is 6.18. The van der Waals surface area contributed by atoms with E-state index in [4.69, 9.17) is 21.1 Å². The maximum absolute atomic E-state index is 6.18. The van der Waals surface area contributed by atoms with E-state index in [1.165, 1.54) is 25.7 Å². The Morgan fingerprint density at radius 3 is 2.16 bits per heavy atom. The third-order valence-corrected chi connectivity index (χ3v) is 3.23. The van der Waals surface area contributed by atoms with Gasteiger partial charge in [0.25, 0.3) is 0 Å². The van der Waals surface area contributed by atoms with Gasteiger partial charge in [0.15, 0.2) is 11.5 Å². The predicted octanol–water partition coefficient (Wildman–Crippen LogP) is 5.48. The summed E-state index contributed by atoms with van der Waals surface area (Å²) in [6.45, 7) is 5.78. The van der Waals surface area contributed by atoms with Crippen molar-refractivity contribution in [3.63, 3.8) is 0 Å². The van der Waals surface area contributed by atoms with Crippen LogP contribution in [-0.4, -0.2) is 13.2 Å². The van der Waals surface area contributed by atoms with Gasteiger partial charge >= 0.3 is 0 Å². The molecule has 0 bridgehead atoms. The maximum Gasteiger partial charge on any atom is 0.179 e. The molecule has 108 valence electrons. The summed E-state index contributed by atoms with van der Waals surface area (Å²) < 4.78 is 11.5. The van der Waals surface area contributed by atoms with Crippen molar-refractivity contribution < 1.29 is 9.47 Å². The Kier molecular flexibility index (Phi) is 8.48. The minimum atomic E-state index is 0.629. The van der Waals surface area contributed by atoms with Crippen LogP contribution in [0.5, 0.6) is 11.5 Å². The topological polar surface area (TPSA) is 18.5 Å². The van der Waals surface area contributed by atoms with Crippen molar-refractivity contribution in [2.24, 2.45) is 0 Å². The monoisotopic (exact) mass is 284 g/mol. The van der Waals surface area contributed by atoms with Crippen LogP contribution in [0, 0.1) is 0 Å². The standard InChI is InChI=1S/C16H25ClO2/c1-3-5-7-12-18-15-11-9-10-14(17)16(15)19-13-8-6-4-2/h9-11H,3-8,12-13H2,1-2H3. The zero-order valence-corrected chi connectivity index (χ0v) is 12.8. The molecule has 0 spiro atoms. The minimum absolute atomic E-state index is 0.629. The van der Waals surface area contributed by atoms with Gasteiger partial charge in [0, 0.05) is 0 Å². The second-order valence-electron chi connectivity index (χ2n) is 4.68. The van der Waals surface area contributed by atoms with Crippen molar-refractivity contribution in [3.8, 4) is 11.5 Å². The molecular weight excluding hydrogens is 260 g/mol. The second-order valence-corrected chi connectivity index (χ2v) is 5.09. The van der Waals surface area contributed by atoms with Gasteiger partial charge in [-0.25, -0.2) is 0 Å². The molecule has 0 atom stereocenters. The average Bonchev–Trinajstić information content (AvgIpc) is 2.42. The maximum atomic E-state index is 6.18. The van der Waals surface area contributed by atoms with Crippen LogP contribution >= 0.6 is 11.6 Å². The van der Waals surface area contributed by atoms with Gasteiger partial charge in [-0.15, -0.1) is 0 Å². The molecule has 0 aliphatic rings. The van der Waals surface area contributed by atoms with E-state index >= 15 is 0 Å². The summed E-state index contributed by atoms with van der Waals surface area (Å²) in [5, 5.41) is 0.629. The fourth-order valence-corrected chi connectivity index (χ4v) is 2.02. The summed E-state index contributed by atoms with van der Waals surface area (Å²) in [6, 6.07) is 5.67. The first kappa shape index (κ1) is 16.2. The SMILES string of the molecule is CCCCCOc1cccc(Cl)c1OCCCCC. The van der Waals surface area contributed by atoms with Crippen LogP contribution in [-0.2, 0) is 0 Å².